The number of carbonyl (C=O) groups excluding carboxylic acids is 2. The lowest BCUT2D eigenvalue weighted by Gasteiger charge is -2.42. The van der Waals surface area contributed by atoms with E-state index >= 15 is 0 Å². The van der Waals surface area contributed by atoms with Gasteiger partial charge in [0.1, 0.15) is 0 Å². The van der Waals surface area contributed by atoms with Crippen LogP contribution in [0.1, 0.15) is 17.7 Å². The maximum absolute atomic E-state index is 12.8. The Bertz CT molecular complexity index is 687. The molecule has 8 heteroatoms. The van der Waals surface area contributed by atoms with Crippen LogP contribution in [0.3, 0.4) is 0 Å². The van der Waals surface area contributed by atoms with Crippen LogP contribution in [0.4, 0.5) is 5.95 Å². The molecule has 2 saturated heterocycles. The number of nitrogen functional groups attached to an aromatic ring is 1. The third-order valence-corrected chi connectivity index (χ3v) is 5.26. The van der Waals surface area contributed by atoms with Gasteiger partial charge in [-0.25, -0.2) is 9.97 Å². The van der Waals surface area contributed by atoms with Gasteiger partial charge in [0.25, 0.3) is 0 Å². The number of anilines is 1. The van der Waals surface area contributed by atoms with Crippen LogP contribution in [0.15, 0.2) is 6.20 Å². The highest BCUT2D eigenvalue weighted by Crippen LogP contribution is 2.27. The monoisotopic (exact) mass is 330 g/mol. The van der Waals surface area contributed by atoms with Gasteiger partial charge in [-0.3, -0.25) is 9.59 Å². The highest BCUT2D eigenvalue weighted by Gasteiger charge is 2.42. The molecule has 8 nitrogen and oxygen atoms in total. The number of likely N-dealkylation sites (tertiary alicyclic amines) is 2. The van der Waals surface area contributed by atoms with Gasteiger partial charge in [-0.2, -0.15) is 0 Å². The van der Waals surface area contributed by atoms with Gasteiger partial charge in [0, 0.05) is 57.3 Å². The van der Waals surface area contributed by atoms with E-state index in [1.54, 1.807) is 6.20 Å². The van der Waals surface area contributed by atoms with Crippen molar-refractivity contribution in [2.24, 2.45) is 5.92 Å². The summed E-state index contributed by atoms with van der Waals surface area (Å²) in [7, 11) is 2.04. The number of hydrogen-bond acceptors (Lipinski definition) is 6. The predicted molar refractivity (Wildman–Crippen MR) is 86.7 cm³/mol. The topological polar surface area (TPSA) is 95.7 Å². The normalized spacial score (nSPS) is 24.9. The van der Waals surface area contributed by atoms with Crippen molar-refractivity contribution < 1.29 is 9.59 Å². The first-order valence-corrected chi connectivity index (χ1v) is 8.38. The highest BCUT2D eigenvalue weighted by molar-refractivity contribution is 5.89. The van der Waals surface area contributed by atoms with Gasteiger partial charge in [-0.05, 0) is 7.05 Å². The summed E-state index contributed by atoms with van der Waals surface area (Å²) in [6.45, 7) is 3.49. The first-order valence-electron chi connectivity index (χ1n) is 8.38. The van der Waals surface area contributed by atoms with Gasteiger partial charge in [-0.1, -0.05) is 0 Å². The highest BCUT2D eigenvalue weighted by atomic mass is 16.2. The van der Waals surface area contributed by atoms with Crippen molar-refractivity contribution in [1.29, 1.82) is 0 Å². The van der Waals surface area contributed by atoms with Crippen molar-refractivity contribution in [3.05, 3.63) is 17.5 Å². The lowest BCUT2D eigenvalue weighted by Crippen LogP contribution is -2.58. The standard InChI is InChI=1S/C16H22N6O2/c1-20-8-12(9-20)22-7-10(4-14(22)23)15(24)21-3-2-13-11(6-21)5-18-16(17)19-13/h5,10,12H,2-4,6-9H2,1H3,(H2,17,18,19). The Hall–Kier alpha value is -2.22. The molecule has 0 radical (unpaired) electrons. The molecule has 3 aliphatic rings. The summed E-state index contributed by atoms with van der Waals surface area (Å²) in [4.78, 5) is 39.2. The number of fused-ring (bicyclic) bond motifs is 1. The summed E-state index contributed by atoms with van der Waals surface area (Å²) in [5.41, 5.74) is 7.49. The Morgan fingerprint density at radius 1 is 1.33 bits per heavy atom. The smallest absolute Gasteiger partial charge is 0.228 e. The molecule has 3 aliphatic heterocycles. The minimum atomic E-state index is -0.223. The van der Waals surface area contributed by atoms with E-state index in [-0.39, 0.29) is 29.7 Å². The molecular formula is C16H22N6O2. The quantitative estimate of drug-likeness (QED) is 0.755. The molecule has 2 N–H and O–H groups in total. The van der Waals surface area contributed by atoms with Gasteiger partial charge < -0.3 is 20.4 Å². The Balaban J connectivity index is 1.41. The molecule has 2 amide bonds. The maximum Gasteiger partial charge on any atom is 0.228 e. The lowest BCUT2D eigenvalue weighted by atomic mass is 10.0. The second-order valence-corrected chi connectivity index (χ2v) is 7.03. The molecular weight excluding hydrogens is 308 g/mol. The molecule has 0 aliphatic carbocycles. The average molecular weight is 330 g/mol. The molecule has 0 bridgehead atoms. The van der Waals surface area contributed by atoms with Crippen molar-refractivity contribution in [1.82, 2.24) is 24.7 Å². The van der Waals surface area contributed by atoms with E-state index in [1.165, 1.54) is 0 Å². The number of nitrogens with zero attached hydrogens (tertiary/aromatic N) is 5. The molecule has 0 saturated carbocycles. The van der Waals surface area contributed by atoms with Crippen LogP contribution < -0.4 is 5.73 Å². The average Bonchev–Trinajstić information content (AvgIpc) is 2.92. The Labute approximate surface area is 140 Å². The zero-order chi connectivity index (χ0) is 16.8. The molecule has 1 aromatic heterocycles. The molecule has 0 aromatic carbocycles. The van der Waals surface area contributed by atoms with Gasteiger partial charge in [0.05, 0.1) is 17.7 Å². The Morgan fingerprint density at radius 2 is 2.12 bits per heavy atom. The second-order valence-electron chi connectivity index (χ2n) is 7.03. The van der Waals surface area contributed by atoms with E-state index in [2.05, 4.69) is 14.9 Å². The second kappa shape index (κ2) is 5.70. The van der Waals surface area contributed by atoms with E-state index < -0.39 is 0 Å². The van der Waals surface area contributed by atoms with Gasteiger partial charge >= 0.3 is 0 Å². The van der Waals surface area contributed by atoms with E-state index in [0.717, 1.165) is 24.3 Å². The van der Waals surface area contributed by atoms with Crippen LogP contribution in [0.2, 0.25) is 0 Å². The van der Waals surface area contributed by atoms with Crippen molar-refractivity contribution in [2.75, 3.05) is 39.0 Å². The van der Waals surface area contributed by atoms with E-state index in [4.69, 9.17) is 5.73 Å². The molecule has 4 heterocycles. The van der Waals surface area contributed by atoms with Gasteiger partial charge in [-0.15, -0.1) is 0 Å². The molecule has 1 aromatic rings. The first kappa shape index (κ1) is 15.3. The molecule has 128 valence electrons. The van der Waals surface area contributed by atoms with Gasteiger partial charge in [0.2, 0.25) is 17.8 Å². The zero-order valence-electron chi connectivity index (χ0n) is 13.8. The van der Waals surface area contributed by atoms with E-state index in [0.29, 0.717) is 32.5 Å². The maximum atomic E-state index is 12.8. The molecule has 1 atom stereocenters. The summed E-state index contributed by atoms with van der Waals surface area (Å²) >= 11 is 0. The van der Waals surface area contributed by atoms with E-state index in [1.807, 2.05) is 16.8 Å². The van der Waals surface area contributed by atoms with Crippen LogP contribution in [-0.4, -0.2) is 75.8 Å². The van der Waals surface area contributed by atoms with E-state index in [9.17, 15) is 9.59 Å². The molecule has 2 fully saturated rings. The molecule has 24 heavy (non-hydrogen) atoms. The third-order valence-electron chi connectivity index (χ3n) is 5.26. The number of carbonyl (C=O) groups is 2. The van der Waals surface area contributed by atoms with Crippen molar-refractivity contribution in [3.63, 3.8) is 0 Å². The number of amides is 2. The predicted octanol–water partition coefficient (Wildman–Crippen LogP) is -0.894. The third kappa shape index (κ3) is 2.60. The zero-order valence-corrected chi connectivity index (χ0v) is 13.8. The number of hydrogen-bond donors (Lipinski definition) is 1. The summed E-state index contributed by atoms with van der Waals surface area (Å²) in [6.07, 6.45) is 2.72. The Kier molecular flexibility index (Phi) is 3.64. The summed E-state index contributed by atoms with van der Waals surface area (Å²) < 4.78 is 0. The van der Waals surface area contributed by atoms with Crippen LogP contribution in [0, 0.1) is 5.92 Å². The minimum Gasteiger partial charge on any atom is -0.368 e. The summed E-state index contributed by atoms with van der Waals surface area (Å²) in [6, 6.07) is 0.277. The number of likely N-dealkylation sites (N-methyl/N-ethyl adjacent to an activating group) is 1. The van der Waals surface area contributed by atoms with Crippen molar-refractivity contribution in [2.45, 2.75) is 25.4 Å². The van der Waals surface area contributed by atoms with Crippen LogP contribution in [0.25, 0.3) is 0 Å². The fourth-order valence-corrected chi connectivity index (χ4v) is 3.89. The number of rotatable bonds is 2. The van der Waals surface area contributed by atoms with Crippen LogP contribution in [-0.2, 0) is 22.6 Å². The fourth-order valence-electron chi connectivity index (χ4n) is 3.89. The molecule has 0 spiro atoms. The van der Waals surface area contributed by atoms with Crippen LogP contribution >= 0.6 is 0 Å². The fraction of sp³-hybridized carbons (Fsp3) is 0.625. The first-order chi connectivity index (χ1) is 11.5. The number of aromatic nitrogens is 2. The largest absolute Gasteiger partial charge is 0.368 e. The van der Waals surface area contributed by atoms with Crippen LogP contribution in [0.5, 0.6) is 0 Å². The van der Waals surface area contributed by atoms with Gasteiger partial charge in [0.15, 0.2) is 0 Å². The van der Waals surface area contributed by atoms with Crippen molar-refractivity contribution in [3.8, 4) is 0 Å². The summed E-state index contributed by atoms with van der Waals surface area (Å²) in [5.74, 6) is 0.233. The Morgan fingerprint density at radius 3 is 2.88 bits per heavy atom. The number of nitrogens with two attached hydrogens (primary N) is 1. The molecule has 1 unspecified atom stereocenters. The minimum absolute atomic E-state index is 0.0704. The van der Waals surface area contributed by atoms with Crippen molar-refractivity contribution >= 4 is 17.8 Å². The summed E-state index contributed by atoms with van der Waals surface area (Å²) in [5, 5.41) is 0. The SMILES string of the molecule is CN1CC(N2CC(C(=O)N3CCc4nc(N)ncc4C3)CC2=O)C1. The molecule has 4 rings (SSSR count). The lowest BCUT2D eigenvalue weighted by molar-refractivity contribution is -0.136.